The number of ether oxygens (including phenoxy) is 1. The number of hydrogen-bond donors (Lipinski definition) is 2. The topological polar surface area (TPSA) is 50.4 Å². The van der Waals surface area contributed by atoms with Crippen molar-refractivity contribution >= 4 is 11.6 Å². The molecule has 0 saturated carbocycles. The predicted molar refractivity (Wildman–Crippen MR) is 78.6 cm³/mol. The molecule has 19 heavy (non-hydrogen) atoms. The van der Waals surface area contributed by atoms with E-state index in [-0.39, 0.29) is 18.0 Å². The van der Waals surface area contributed by atoms with Gasteiger partial charge in [0.05, 0.1) is 6.61 Å². The van der Waals surface area contributed by atoms with Gasteiger partial charge in [-0.15, -0.1) is 0 Å². The summed E-state index contributed by atoms with van der Waals surface area (Å²) in [5.74, 6) is 0.818. The maximum absolute atomic E-state index is 11.9. The lowest BCUT2D eigenvalue weighted by Crippen LogP contribution is -2.41. The van der Waals surface area contributed by atoms with Crippen LogP contribution in [0.15, 0.2) is 24.3 Å². The van der Waals surface area contributed by atoms with Gasteiger partial charge in [-0.05, 0) is 39.3 Å². The normalized spacial score (nSPS) is 13.5. The van der Waals surface area contributed by atoms with Gasteiger partial charge in [-0.1, -0.05) is 13.0 Å². The van der Waals surface area contributed by atoms with Crippen molar-refractivity contribution in [1.82, 2.24) is 5.32 Å². The Labute approximate surface area is 115 Å². The second-order valence-corrected chi connectivity index (χ2v) is 4.64. The van der Waals surface area contributed by atoms with E-state index in [4.69, 9.17) is 4.74 Å². The van der Waals surface area contributed by atoms with Gasteiger partial charge in [0.2, 0.25) is 5.91 Å². The molecule has 0 heterocycles. The number of hydrogen-bond acceptors (Lipinski definition) is 3. The number of anilines is 1. The Hall–Kier alpha value is -1.71. The van der Waals surface area contributed by atoms with Gasteiger partial charge in [-0.25, -0.2) is 0 Å². The summed E-state index contributed by atoms with van der Waals surface area (Å²) in [6.07, 6.45) is 0.929. The van der Waals surface area contributed by atoms with Crippen LogP contribution in [-0.4, -0.2) is 24.6 Å². The highest BCUT2D eigenvalue weighted by Crippen LogP contribution is 2.18. The zero-order valence-electron chi connectivity index (χ0n) is 12.2. The van der Waals surface area contributed by atoms with Crippen LogP contribution in [0.25, 0.3) is 0 Å². The molecule has 0 aromatic heterocycles. The molecule has 1 rings (SSSR count). The molecule has 106 valence electrons. The molecule has 0 bridgehead atoms. The van der Waals surface area contributed by atoms with E-state index in [1.54, 1.807) is 0 Å². The lowest BCUT2D eigenvalue weighted by atomic mass is 10.2. The van der Waals surface area contributed by atoms with Crippen molar-refractivity contribution in [3.63, 3.8) is 0 Å². The third-order valence-electron chi connectivity index (χ3n) is 2.92. The Balaban J connectivity index is 2.58. The number of carbonyl (C=O) groups excluding carboxylic acids is 1. The van der Waals surface area contributed by atoms with E-state index < -0.39 is 0 Å². The SMILES string of the molecule is CCOc1cccc(NC(C)C(=O)NC(C)CC)c1. The summed E-state index contributed by atoms with van der Waals surface area (Å²) >= 11 is 0. The highest BCUT2D eigenvalue weighted by atomic mass is 16.5. The number of carbonyl (C=O) groups is 1. The molecule has 0 radical (unpaired) electrons. The molecule has 2 N–H and O–H groups in total. The number of rotatable bonds is 7. The molecular formula is C15H24N2O2. The second kappa shape index (κ2) is 7.67. The van der Waals surface area contributed by atoms with E-state index >= 15 is 0 Å². The molecule has 4 heteroatoms. The van der Waals surface area contributed by atoms with Crippen LogP contribution in [-0.2, 0) is 4.79 Å². The summed E-state index contributed by atoms with van der Waals surface area (Å²) in [5.41, 5.74) is 0.887. The van der Waals surface area contributed by atoms with Crippen LogP contribution in [0.5, 0.6) is 5.75 Å². The standard InChI is InChI=1S/C15H24N2O2/c1-5-11(3)16-15(18)12(4)17-13-8-7-9-14(10-13)19-6-2/h7-12,17H,5-6H2,1-4H3,(H,16,18). The highest BCUT2D eigenvalue weighted by molar-refractivity contribution is 5.84. The predicted octanol–water partition coefficient (Wildman–Crippen LogP) is 2.80. The van der Waals surface area contributed by atoms with Crippen molar-refractivity contribution in [2.24, 2.45) is 0 Å². The van der Waals surface area contributed by atoms with E-state index in [0.717, 1.165) is 17.9 Å². The van der Waals surface area contributed by atoms with Gasteiger partial charge in [-0.2, -0.15) is 0 Å². The third-order valence-corrected chi connectivity index (χ3v) is 2.92. The third kappa shape index (κ3) is 5.20. The largest absolute Gasteiger partial charge is 0.494 e. The minimum absolute atomic E-state index is 0.0103. The maximum atomic E-state index is 11.9. The van der Waals surface area contributed by atoms with Gasteiger partial charge in [0.1, 0.15) is 11.8 Å². The van der Waals surface area contributed by atoms with Gasteiger partial charge in [0.15, 0.2) is 0 Å². The number of nitrogens with one attached hydrogen (secondary N) is 2. The maximum Gasteiger partial charge on any atom is 0.242 e. The number of benzene rings is 1. The Morgan fingerprint density at radius 1 is 1.32 bits per heavy atom. The molecular weight excluding hydrogens is 240 g/mol. The van der Waals surface area contributed by atoms with E-state index in [0.29, 0.717) is 6.61 Å². The van der Waals surface area contributed by atoms with Gasteiger partial charge >= 0.3 is 0 Å². The molecule has 2 atom stereocenters. The molecule has 0 fully saturated rings. The Morgan fingerprint density at radius 3 is 2.68 bits per heavy atom. The van der Waals surface area contributed by atoms with Crippen molar-refractivity contribution in [1.29, 1.82) is 0 Å². The molecule has 1 amide bonds. The lowest BCUT2D eigenvalue weighted by Gasteiger charge is -2.18. The summed E-state index contributed by atoms with van der Waals surface area (Å²) in [5, 5.41) is 6.13. The Morgan fingerprint density at radius 2 is 2.05 bits per heavy atom. The first-order valence-corrected chi connectivity index (χ1v) is 6.86. The molecule has 1 aromatic rings. The summed E-state index contributed by atoms with van der Waals surface area (Å²) in [6.45, 7) is 8.48. The van der Waals surface area contributed by atoms with Crippen LogP contribution in [0.1, 0.15) is 34.1 Å². The highest BCUT2D eigenvalue weighted by Gasteiger charge is 2.14. The summed E-state index contributed by atoms with van der Waals surface area (Å²) < 4.78 is 5.43. The van der Waals surface area contributed by atoms with Gasteiger partial charge in [0, 0.05) is 17.8 Å². The molecule has 0 aliphatic rings. The summed E-state index contributed by atoms with van der Waals surface area (Å²) in [7, 11) is 0. The van der Waals surface area contributed by atoms with Gasteiger partial charge < -0.3 is 15.4 Å². The van der Waals surface area contributed by atoms with Crippen molar-refractivity contribution in [2.75, 3.05) is 11.9 Å². The van der Waals surface area contributed by atoms with E-state index in [2.05, 4.69) is 17.6 Å². The molecule has 0 saturated heterocycles. The Bertz CT molecular complexity index is 407. The lowest BCUT2D eigenvalue weighted by molar-refractivity contribution is -0.122. The monoisotopic (exact) mass is 264 g/mol. The van der Waals surface area contributed by atoms with Crippen LogP contribution >= 0.6 is 0 Å². The first kappa shape index (κ1) is 15.3. The zero-order valence-corrected chi connectivity index (χ0v) is 12.2. The van der Waals surface area contributed by atoms with Crippen LogP contribution in [0.3, 0.4) is 0 Å². The summed E-state index contributed by atoms with van der Waals surface area (Å²) in [4.78, 5) is 11.9. The molecule has 2 unspecified atom stereocenters. The van der Waals surface area contributed by atoms with Crippen LogP contribution < -0.4 is 15.4 Å². The molecule has 0 spiro atoms. The van der Waals surface area contributed by atoms with Crippen LogP contribution in [0.2, 0.25) is 0 Å². The molecule has 4 nitrogen and oxygen atoms in total. The first-order chi connectivity index (χ1) is 9.06. The fraction of sp³-hybridized carbons (Fsp3) is 0.533. The quantitative estimate of drug-likeness (QED) is 0.796. The van der Waals surface area contributed by atoms with Crippen LogP contribution in [0.4, 0.5) is 5.69 Å². The molecule has 0 aliphatic carbocycles. The first-order valence-electron chi connectivity index (χ1n) is 6.86. The molecule has 1 aromatic carbocycles. The van der Waals surface area contributed by atoms with Gasteiger partial charge in [0.25, 0.3) is 0 Å². The minimum Gasteiger partial charge on any atom is -0.494 e. The molecule has 0 aliphatic heterocycles. The zero-order chi connectivity index (χ0) is 14.3. The van der Waals surface area contributed by atoms with Crippen molar-refractivity contribution in [3.8, 4) is 5.75 Å². The Kier molecular flexibility index (Phi) is 6.19. The van der Waals surface area contributed by atoms with Crippen molar-refractivity contribution in [2.45, 2.75) is 46.2 Å². The van der Waals surface area contributed by atoms with E-state index in [9.17, 15) is 4.79 Å². The number of amides is 1. The fourth-order valence-corrected chi connectivity index (χ4v) is 1.63. The second-order valence-electron chi connectivity index (χ2n) is 4.64. The fourth-order valence-electron chi connectivity index (χ4n) is 1.63. The van der Waals surface area contributed by atoms with Gasteiger partial charge in [-0.3, -0.25) is 4.79 Å². The average Bonchev–Trinajstić information content (AvgIpc) is 2.39. The smallest absolute Gasteiger partial charge is 0.242 e. The van der Waals surface area contributed by atoms with Crippen LogP contribution in [0, 0.1) is 0 Å². The minimum atomic E-state index is -0.272. The van der Waals surface area contributed by atoms with E-state index in [1.807, 2.05) is 45.0 Å². The van der Waals surface area contributed by atoms with E-state index in [1.165, 1.54) is 0 Å². The van der Waals surface area contributed by atoms with Crippen molar-refractivity contribution in [3.05, 3.63) is 24.3 Å². The van der Waals surface area contributed by atoms with Crippen molar-refractivity contribution < 1.29 is 9.53 Å². The summed E-state index contributed by atoms with van der Waals surface area (Å²) in [6, 6.07) is 7.56. The average molecular weight is 264 g/mol.